The smallest absolute Gasteiger partial charge is 0.450 e. The van der Waals surface area contributed by atoms with E-state index in [9.17, 15) is 24.2 Å². The third-order valence-corrected chi connectivity index (χ3v) is 4.45. The minimum Gasteiger partial charge on any atom is -0.450 e. The molecule has 0 aliphatic carbocycles. The zero-order valence-corrected chi connectivity index (χ0v) is 16.0. The molecule has 4 heterocycles. The lowest BCUT2D eigenvalue weighted by atomic mass is 9.90. The summed E-state index contributed by atoms with van der Waals surface area (Å²) in [5.74, 6) is -0.972. The molecule has 14 heteroatoms. The minimum absolute atomic E-state index is 0.158. The molecule has 4 N–H and O–H groups in total. The Morgan fingerprint density at radius 2 is 2.38 bits per heavy atom. The Morgan fingerprint density at radius 1 is 1.62 bits per heavy atom. The molecule has 13 nitrogen and oxygen atoms in total. The van der Waals surface area contributed by atoms with Gasteiger partial charge in [-0.3, -0.25) is 4.57 Å². The Balaban J connectivity index is 1.89. The van der Waals surface area contributed by atoms with Crippen molar-refractivity contribution >= 4 is 23.1 Å². The predicted molar refractivity (Wildman–Crippen MR) is 100 cm³/mol. The van der Waals surface area contributed by atoms with Gasteiger partial charge in [-0.25, -0.2) is 14.6 Å². The van der Waals surface area contributed by atoms with E-state index in [1.165, 1.54) is 0 Å². The number of fused-ring (bicyclic) bond motifs is 1. The zero-order chi connectivity index (χ0) is 26.8. The van der Waals surface area contributed by atoms with Crippen molar-refractivity contribution in [1.82, 2.24) is 19.5 Å². The number of aliphatic hydroxyl groups excluding tert-OH is 1. The van der Waals surface area contributed by atoms with Crippen LogP contribution in [0.15, 0.2) is 20.0 Å². The number of hydrogen-bond donors (Lipinski definition) is 3. The Labute approximate surface area is 183 Å². The van der Waals surface area contributed by atoms with Crippen molar-refractivity contribution in [3.63, 3.8) is 0 Å². The first kappa shape index (κ1) is 16.7. The number of halogens is 1. The van der Waals surface area contributed by atoms with Crippen LogP contribution >= 0.6 is 0 Å². The first-order chi connectivity index (χ1) is 16.7. The van der Waals surface area contributed by atoms with Crippen molar-refractivity contribution < 1.29 is 43.2 Å². The number of terminal acetylenes is 1. The van der Waals surface area contributed by atoms with Crippen LogP contribution in [-0.2, 0) is 9.47 Å². The fourth-order valence-electron chi connectivity index (χ4n) is 3.05. The number of nitrogens with two attached hydrogens (primary N) is 1. The highest BCUT2D eigenvalue weighted by Crippen LogP contribution is 2.43. The summed E-state index contributed by atoms with van der Waals surface area (Å²) < 4.78 is 68.5. The third kappa shape index (κ3) is 3.53. The van der Waals surface area contributed by atoms with Crippen molar-refractivity contribution in [1.29, 1.82) is 0 Å². The molecule has 32 heavy (non-hydrogen) atoms. The molecular formula is C18H16FN5O8. The first-order valence-electron chi connectivity index (χ1n) is 10.7. The number of aliphatic hydroxyl groups is 1. The van der Waals surface area contributed by atoms with Gasteiger partial charge in [0.15, 0.2) is 40.2 Å². The summed E-state index contributed by atoms with van der Waals surface area (Å²) >= 11 is 0. The van der Waals surface area contributed by atoms with Gasteiger partial charge in [0.05, 0.1) is 12.4 Å². The van der Waals surface area contributed by atoms with Crippen molar-refractivity contribution in [2.45, 2.75) is 43.7 Å². The number of hydrogen-bond acceptors (Lipinski definition) is 11. The maximum absolute atomic E-state index is 13.8. The van der Waals surface area contributed by atoms with Crippen LogP contribution in [0.25, 0.3) is 11.2 Å². The van der Waals surface area contributed by atoms with Crippen LogP contribution in [0.2, 0.25) is 0 Å². The van der Waals surface area contributed by atoms with Gasteiger partial charge in [0, 0.05) is 18.2 Å². The van der Waals surface area contributed by atoms with Gasteiger partial charge in [-0.05, 0) is 6.92 Å². The van der Waals surface area contributed by atoms with Crippen LogP contribution in [0, 0.1) is 25.3 Å². The normalized spacial score (nSPS) is 27.7. The molecule has 0 spiro atoms. The molecule has 1 aliphatic rings. The van der Waals surface area contributed by atoms with E-state index < -0.39 is 66.4 Å². The highest BCUT2D eigenvalue weighted by molar-refractivity contribution is 5.81. The first-order valence-corrected chi connectivity index (χ1v) is 8.66. The van der Waals surface area contributed by atoms with E-state index in [2.05, 4.69) is 24.1 Å². The molecule has 4 rings (SSSR count). The van der Waals surface area contributed by atoms with Crippen LogP contribution in [-0.4, -0.2) is 47.6 Å². The molecule has 0 saturated carbocycles. The number of aryl methyl sites for hydroxylation is 1. The predicted octanol–water partition coefficient (Wildman–Crippen LogP) is 0.880. The van der Waals surface area contributed by atoms with Crippen LogP contribution < -0.4 is 11.6 Å². The second-order valence-electron chi connectivity index (χ2n) is 6.40. The molecule has 1 unspecified atom stereocenters. The number of carbonyl (C=O) groups is 1. The van der Waals surface area contributed by atoms with E-state index in [-0.39, 0.29) is 16.9 Å². The number of nitrogens with zero attached hydrogens (tertiary/aromatic N) is 4. The number of aromatic nitrogens is 4. The number of imidazole rings is 1. The topological polar surface area (TPSA) is 189 Å². The van der Waals surface area contributed by atoms with E-state index >= 15 is 0 Å². The highest BCUT2D eigenvalue weighted by Gasteiger charge is 2.51. The molecule has 3 aromatic rings. The van der Waals surface area contributed by atoms with E-state index in [1.807, 2.05) is 5.92 Å². The average Bonchev–Trinajstić information content (AvgIpc) is 3.39. The van der Waals surface area contributed by atoms with Crippen molar-refractivity contribution in [2.24, 2.45) is 0 Å². The van der Waals surface area contributed by atoms with Crippen molar-refractivity contribution in [3.8, 4) is 12.3 Å². The number of ether oxygens (including phenoxy) is 2. The quantitative estimate of drug-likeness (QED) is 0.281. The van der Waals surface area contributed by atoms with E-state index in [4.69, 9.17) is 26.8 Å². The maximum Gasteiger partial charge on any atom is 0.519 e. The lowest BCUT2D eigenvalue weighted by molar-refractivity contribution is -0.0923. The van der Waals surface area contributed by atoms with Gasteiger partial charge < -0.3 is 34.3 Å². The summed E-state index contributed by atoms with van der Waals surface area (Å²) in [5.41, 5.74) is 2.10. The highest BCUT2D eigenvalue weighted by atomic mass is 19.1. The molecule has 4 atom stereocenters. The standard InChI is InChI=1S/C18H16FN5O8/c1-3-18(5-8(30-16(26)27)12-7(2)29-17(28)31-12)9(25)4-10(32-18)24-6-21-11-13(20)22-15(19)23-14(11)24/h1,6,8-10,25H,4-5H2,2H3,(H,26,27)(H2,20,22,23)/t8?,9-,10+,18-/m0/s1/i4D2,5D2. The fraction of sp³-hybridized carbons (Fsp3) is 0.389. The lowest BCUT2D eigenvalue weighted by Gasteiger charge is -2.29. The summed E-state index contributed by atoms with van der Waals surface area (Å²) in [4.78, 5) is 33.6. The summed E-state index contributed by atoms with van der Waals surface area (Å²) in [7, 11) is 0. The Morgan fingerprint density at radius 3 is 3.00 bits per heavy atom. The lowest BCUT2D eigenvalue weighted by Crippen LogP contribution is -2.40. The molecular weight excluding hydrogens is 433 g/mol. The molecule has 168 valence electrons. The number of anilines is 1. The van der Waals surface area contributed by atoms with Gasteiger partial charge in [-0.15, -0.1) is 6.42 Å². The number of nitrogen functional groups attached to an aromatic ring is 1. The van der Waals surface area contributed by atoms with Gasteiger partial charge in [-0.1, -0.05) is 5.92 Å². The maximum atomic E-state index is 13.8. The van der Waals surface area contributed by atoms with E-state index in [1.54, 1.807) is 0 Å². The molecule has 1 fully saturated rings. The van der Waals surface area contributed by atoms with Crippen molar-refractivity contribution in [2.75, 3.05) is 5.73 Å². The number of carboxylic acid groups (broad SMARTS) is 1. The van der Waals surface area contributed by atoms with Crippen molar-refractivity contribution in [3.05, 3.63) is 34.5 Å². The SMILES string of the molecule is [2H]C1([2H])[C@H](n2cnc3c(N)nc(F)nc32)O[C@@](C#C)(C([2H])([2H])C(OC(=O)O)c2oc(=O)oc2C)[C@H]1O. The number of rotatable bonds is 5. The fourth-order valence-corrected chi connectivity index (χ4v) is 3.05. The van der Waals surface area contributed by atoms with Gasteiger partial charge in [0.2, 0.25) is 0 Å². The van der Waals surface area contributed by atoms with E-state index in [0.29, 0.717) is 0 Å². The van der Waals surface area contributed by atoms with Crippen LogP contribution in [0.1, 0.15) is 42.1 Å². The summed E-state index contributed by atoms with van der Waals surface area (Å²) in [5, 5.41) is 20.2. The largest absolute Gasteiger partial charge is 0.519 e. The average molecular weight is 453 g/mol. The van der Waals surface area contributed by atoms with E-state index in [0.717, 1.165) is 17.8 Å². The second-order valence-corrected chi connectivity index (χ2v) is 6.40. The molecule has 1 aliphatic heterocycles. The Hall–Kier alpha value is -3.96. The molecule has 3 aromatic heterocycles. The summed E-state index contributed by atoms with van der Waals surface area (Å²) in [6.45, 7) is 1.14. The zero-order valence-electron chi connectivity index (χ0n) is 20.0. The molecule has 0 amide bonds. The molecule has 0 radical (unpaired) electrons. The van der Waals surface area contributed by atoms with Gasteiger partial charge in [-0.2, -0.15) is 14.4 Å². The minimum atomic E-state index is -3.32. The molecule has 0 aromatic carbocycles. The van der Waals surface area contributed by atoms with Crippen LogP contribution in [0.3, 0.4) is 0 Å². The Bertz CT molecular complexity index is 1470. The summed E-state index contributed by atoms with van der Waals surface area (Å²) in [6.07, 6.45) is -9.98. The monoisotopic (exact) mass is 453 g/mol. The summed E-state index contributed by atoms with van der Waals surface area (Å²) in [6, 6.07) is 0. The van der Waals surface area contributed by atoms with Crippen LogP contribution in [0.5, 0.6) is 0 Å². The third-order valence-electron chi connectivity index (χ3n) is 4.45. The van der Waals surface area contributed by atoms with Gasteiger partial charge in [0.1, 0.15) is 6.23 Å². The molecule has 0 bridgehead atoms. The Kier molecular flexibility index (Phi) is 3.98. The van der Waals surface area contributed by atoms with Crippen LogP contribution in [0.4, 0.5) is 15.0 Å². The van der Waals surface area contributed by atoms with Gasteiger partial charge in [0.25, 0.3) is 0 Å². The molecule has 1 saturated heterocycles. The van der Waals surface area contributed by atoms with Gasteiger partial charge >= 0.3 is 18.1 Å². The second kappa shape index (κ2) is 7.62.